The fourth-order valence-corrected chi connectivity index (χ4v) is 5.85. The standard InChI is InChI=1S/C35H28O4S/c36-35(31-21-20-30-24-28-15-7-8-16-29(28)25-32(30)26-31)39-22-11-5-3-1-2-4-6-12-23-40(37,38)34-19-13-17-27-14-9-10-18-33(27)34/h7-10,13-21,24-26H,1-4,22-23H2. The summed E-state index contributed by atoms with van der Waals surface area (Å²) < 4.78 is 30.9. The fourth-order valence-electron chi connectivity index (χ4n) is 4.60. The van der Waals surface area contributed by atoms with Crippen LogP contribution in [0.2, 0.25) is 0 Å². The highest BCUT2D eigenvalue weighted by atomic mass is 32.2. The molecule has 0 aliphatic heterocycles. The van der Waals surface area contributed by atoms with Crippen LogP contribution in [0.3, 0.4) is 0 Å². The van der Waals surface area contributed by atoms with Crippen LogP contribution in [-0.4, -0.2) is 26.7 Å². The van der Waals surface area contributed by atoms with Gasteiger partial charge in [0.2, 0.25) is 0 Å². The molecule has 0 bridgehead atoms. The Bertz CT molecular complexity index is 1930. The van der Waals surface area contributed by atoms with Crippen LogP contribution in [0.5, 0.6) is 0 Å². The lowest BCUT2D eigenvalue weighted by Crippen LogP contribution is -2.05. The zero-order chi connectivity index (χ0) is 27.8. The summed E-state index contributed by atoms with van der Waals surface area (Å²) >= 11 is 0. The van der Waals surface area contributed by atoms with E-state index in [1.54, 1.807) is 18.2 Å². The molecule has 0 aliphatic carbocycles. The lowest BCUT2D eigenvalue weighted by atomic mass is 10.0. The maximum atomic E-state index is 12.8. The van der Waals surface area contributed by atoms with Gasteiger partial charge in [0.1, 0.15) is 5.75 Å². The van der Waals surface area contributed by atoms with E-state index in [2.05, 4.69) is 47.9 Å². The molecule has 0 saturated heterocycles. The Morgan fingerprint density at radius 2 is 1.25 bits per heavy atom. The van der Waals surface area contributed by atoms with Crippen molar-refractivity contribution in [1.29, 1.82) is 0 Å². The smallest absolute Gasteiger partial charge is 0.339 e. The number of ether oxygens (including phenoxy) is 1. The number of benzene rings is 5. The quantitative estimate of drug-likeness (QED) is 0.0931. The van der Waals surface area contributed by atoms with Gasteiger partial charge in [0.05, 0.1) is 10.5 Å². The predicted molar refractivity (Wildman–Crippen MR) is 162 cm³/mol. The van der Waals surface area contributed by atoms with Crippen LogP contribution in [0.15, 0.2) is 102 Å². The van der Waals surface area contributed by atoms with Crippen LogP contribution in [0.1, 0.15) is 36.0 Å². The second-order valence-corrected chi connectivity index (χ2v) is 11.4. The van der Waals surface area contributed by atoms with Gasteiger partial charge < -0.3 is 4.74 Å². The van der Waals surface area contributed by atoms with Crippen molar-refractivity contribution < 1.29 is 17.9 Å². The van der Waals surface area contributed by atoms with Crippen LogP contribution in [0, 0.1) is 23.7 Å². The van der Waals surface area contributed by atoms with E-state index < -0.39 is 15.8 Å². The first-order chi connectivity index (χ1) is 19.5. The van der Waals surface area contributed by atoms with E-state index in [-0.39, 0.29) is 12.4 Å². The molecular formula is C35H28O4S. The van der Waals surface area contributed by atoms with Crippen LogP contribution in [0.4, 0.5) is 0 Å². The Hall–Kier alpha value is -4.58. The fraction of sp³-hybridized carbons (Fsp3) is 0.171. The Balaban J connectivity index is 1.03. The van der Waals surface area contributed by atoms with Crippen molar-refractivity contribution in [1.82, 2.24) is 0 Å². The van der Waals surface area contributed by atoms with Crippen LogP contribution >= 0.6 is 0 Å². The zero-order valence-electron chi connectivity index (χ0n) is 22.0. The van der Waals surface area contributed by atoms with Gasteiger partial charge in [0.15, 0.2) is 16.4 Å². The van der Waals surface area contributed by atoms with Crippen molar-refractivity contribution in [2.24, 2.45) is 0 Å². The van der Waals surface area contributed by atoms with Gasteiger partial charge in [-0.05, 0) is 70.1 Å². The second-order valence-electron chi connectivity index (χ2n) is 9.49. The Morgan fingerprint density at radius 1 is 0.625 bits per heavy atom. The summed E-state index contributed by atoms with van der Waals surface area (Å²) in [4.78, 5) is 12.8. The molecule has 5 aromatic rings. The molecule has 0 heterocycles. The minimum atomic E-state index is -3.48. The van der Waals surface area contributed by atoms with Crippen molar-refractivity contribution >= 4 is 48.1 Å². The van der Waals surface area contributed by atoms with Crippen molar-refractivity contribution in [3.05, 3.63) is 103 Å². The van der Waals surface area contributed by atoms with Crippen LogP contribution in [0.25, 0.3) is 32.3 Å². The van der Waals surface area contributed by atoms with Crippen LogP contribution in [-0.2, 0) is 14.6 Å². The zero-order valence-corrected chi connectivity index (χ0v) is 22.8. The SMILES string of the molecule is O=C(OCC#CCCCCC#CCS(=O)(=O)c1cccc2ccccc12)c1ccc2cc3ccccc3cc2c1. The van der Waals surface area contributed by atoms with Crippen molar-refractivity contribution in [3.63, 3.8) is 0 Å². The third-order valence-corrected chi connectivity index (χ3v) is 8.22. The number of rotatable bonds is 7. The maximum absolute atomic E-state index is 12.8. The maximum Gasteiger partial charge on any atom is 0.339 e. The third kappa shape index (κ3) is 6.52. The first kappa shape index (κ1) is 27.0. The topological polar surface area (TPSA) is 60.4 Å². The molecule has 0 saturated carbocycles. The van der Waals surface area contributed by atoms with E-state index in [9.17, 15) is 13.2 Å². The number of fused-ring (bicyclic) bond motifs is 3. The Kier molecular flexibility index (Phi) is 8.45. The molecule has 4 nitrogen and oxygen atoms in total. The van der Waals surface area contributed by atoms with Crippen molar-refractivity contribution in [2.45, 2.75) is 30.6 Å². The highest BCUT2D eigenvalue weighted by molar-refractivity contribution is 7.91. The molecule has 0 N–H and O–H groups in total. The van der Waals surface area contributed by atoms with Gasteiger partial charge in [-0.1, -0.05) is 84.5 Å². The monoisotopic (exact) mass is 544 g/mol. The molecule has 0 radical (unpaired) electrons. The largest absolute Gasteiger partial charge is 0.449 e. The van der Waals surface area contributed by atoms with Crippen molar-refractivity contribution in [2.75, 3.05) is 12.4 Å². The molecule has 5 heteroatoms. The Labute approximate surface area is 234 Å². The average molecular weight is 545 g/mol. The molecule has 0 aromatic heterocycles. The summed E-state index contributed by atoms with van der Waals surface area (Å²) in [5.74, 6) is 11.1. The van der Waals surface area contributed by atoms with E-state index in [1.807, 2.05) is 54.6 Å². The van der Waals surface area contributed by atoms with Gasteiger partial charge in [-0.2, -0.15) is 0 Å². The van der Waals surface area contributed by atoms with Crippen molar-refractivity contribution in [3.8, 4) is 23.7 Å². The summed E-state index contributed by atoms with van der Waals surface area (Å²) in [5.41, 5.74) is 0.505. The number of hydrogen-bond acceptors (Lipinski definition) is 4. The van der Waals surface area contributed by atoms with E-state index in [4.69, 9.17) is 4.74 Å². The lowest BCUT2D eigenvalue weighted by molar-refractivity contribution is 0.0556. The predicted octanol–water partition coefficient (Wildman–Crippen LogP) is 7.34. The summed E-state index contributed by atoms with van der Waals surface area (Å²) in [6.07, 6.45) is 2.93. The minimum Gasteiger partial charge on any atom is -0.449 e. The number of sulfone groups is 1. The number of unbranched alkanes of at least 4 members (excludes halogenated alkanes) is 3. The highest BCUT2D eigenvalue weighted by Gasteiger charge is 2.15. The normalized spacial score (nSPS) is 11.0. The average Bonchev–Trinajstić information content (AvgIpc) is 2.98. The molecule has 0 aliphatic rings. The highest BCUT2D eigenvalue weighted by Crippen LogP contribution is 2.25. The summed E-state index contributed by atoms with van der Waals surface area (Å²) in [6.45, 7) is 0.0421. The van der Waals surface area contributed by atoms with Crippen LogP contribution < -0.4 is 0 Å². The molecule has 0 atom stereocenters. The molecule has 40 heavy (non-hydrogen) atoms. The molecule has 0 fully saturated rings. The molecule has 0 amide bonds. The van der Waals surface area contributed by atoms with Gasteiger partial charge in [-0.25, -0.2) is 13.2 Å². The molecule has 0 unspecified atom stereocenters. The number of hydrogen-bond donors (Lipinski definition) is 0. The van der Waals surface area contributed by atoms with Gasteiger partial charge >= 0.3 is 5.97 Å². The molecule has 198 valence electrons. The van der Waals surface area contributed by atoms with E-state index in [0.717, 1.165) is 45.2 Å². The summed E-state index contributed by atoms with van der Waals surface area (Å²) in [5, 5.41) is 5.98. The molecular weight excluding hydrogens is 516 g/mol. The molecule has 0 spiro atoms. The van der Waals surface area contributed by atoms with Gasteiger partial charge in [0, 0.05) is 18.2 Å². The Morgan fingerprint density at radius 3 is 2.02 bits per heavy atom. The minimum absolute atomic E-state index is 0.0421. The summed E-state index contributed by atoms with van der Waals surface area (Å²) in [6, 6.07) is 30.7. The number of carbonyl (C=O) groups is 1. The first-order valence-electron chi connectivity index (χ1n) is 13.2. The van der Waals surface area contributed by atoms with E-state index >= 15 is 0 Å². The molecule has 5 rings (SSSR count). The van der Waals surface area contributed by atoms with Gasteiger partial charge in [-0.3, -0.25) is 0 Å². The number of esters is 1. The first-order valence-corrected chi connectivity index (χ1v) is 14.9. The third-order valence-electron chi connectivity index (χ3n) is 6.67. The second kappa shape index (κ2) is 12.5. The number of carbonyl (C=O) groups excluding carboxylic acids is 1. The lowest BCUT2D eigenvalue weighted by Gasteiger charge is -2.05. The van der Waals surface area contributed by atoms with E-state index in [1.165, 1.54) is 0 Å². The molecule has 5 aromatic carbocycles. The van der Waals surface area contributed by atoms with Gasteiger partial charge in [-0.15, -0.1) is 5.92 Å². The van der Waals surface area contributed by atoms with Gasteiger partial charge in [0.25, 0.3) is 0 Å². The summed E-state index contributed by atoms with van der Waals surface area (Å²) in [7, 11) is -3.48. The van der Waals surface area contributed by atoms with E-state index in [0.29, 0.717) is 23.3 Å².